The van der Waals surface area contributed by atoms with E-state index in [1.165, 1.54) is 50.1 Å². The van der Waals surface area contributed by atoms with Gasteiger partial charge in [0.25, 0.3) is 0 Å². The molecule has 0 amide bonds. The topological polar surface area (TPSA) is 31.6 Å². The zero-order valence-electron chi connectivity index (χ0n) is 24.6. The number of ether oxygens (including phenoxy) is 2. The van der Waals surface area contributed by atoms with Gasteiger partial charge in [-0.2, -0.15) is 0 Å². The van der Waals surface area contributed by atoms with E-state index in [2.05, 4.69) is 109 Å². The van der Waals surface area contributed by atoms with Crippen molar-refractivity contribution in [2.45, 2.75) is 5.41 Å². The molecule has 46 heavy (non-hydrogen) atoms. The SMILES string of the molecule is c1ccc2c(c1)Oc1cc3c(cc1O2)C1(c2ccccc2-c2ccccc21)c1cc(-c2ccc4oc5ccccc5c4c2)ccc1-3. The van der Waals surface area contributed by atoms with Crippen molar-refractivity contribution in [2.24, 2.45) is 0 Å². The van der Waals surface area contributed by atoms with Crippen LogP contribution < -0.4 is 9.47 Å². The van der Waals surface area contributed by atoms with Gasteiger partial charge in [0.2, 0.25) is 0 Å². The zero-order valence-corrected chi connectivity index (χ0v) is 24.6. The lowest BCUT2D eigenvalue weighted by molar-refractivity contribution is 0.359. The molecule has 3 heteroatoms. The van der Waals surface area contributed by atoms with Gasteiger partial charge in [-0.3, -0.25) is 0 Å². The van der Waals surface area contributed by atoms with E-state index in [9.17, 15) is 0 Å². The molecule has 0 radical (unpaired) electrons. The van der Waals surface area contributed by atoms with E-state index in [0.717, 1.165) is 50.5 Å². The quantitative estimate of drug-likeness (QED) is 0.191. The van der Waals surface area contributed by atoms with Crippen molar-refractivity contribution < 1.29 is 13.9 Å². The van der Waals surface area contributed by atoms with Gasteiger partial charge >= 0.3 is 0 Å². The second-order valence-electron chi connectivity index (χ2n) is 12.4. The summed E-state index contributed by atoms with van der Waals surface area (Å²) in [5.41, 5.74) is 13.6. The molecule has 0 N–H and O–H groups in total. The van der Waals surface area contributed by atoms with Crippen molar-refractivity contribution in [3.8, 4) is 56.4 Å². The van der Waals surface area contributed by atoms with Gasteiger partial charge in [0.1, 0.15) is 11.2 Å². The molecule has 0 unspecified atom stereocenters. The summed E-state index contributed by atoms with van der Waals surface area (Å²) in [5.74, 6) is 2.94. The van der Waals surface area contributed by atoms with Gasteiger partial charge in [-0.15, -0.1) is 0 Å². The number of para-hydroxylation sites is 3. The summed E-state index contributed by atoms with van der Waals surface area (Å²) < 4.78 is 19.1. The van der Waals surface area contributed by atoms with E-state index in [4.69, 9.17) is 13.9 Å². The van der Waals surface area contributed by atoms with E-state index < -0.39 is 5.41 Å². The van der Waals surface area contributed by atoms with Crippen LogP contribution in [-0.4, -0.2) is 0 Å². The Labute approximate surface area is 264 Å². The Morgan fingerprint density at radius 1 is 0.348 bits per heavy atom. The summed E-state index contributed by atoms with van der Waals surface area (Å²) in [6, 6.07) is 51.8. The maximum Gasteiger partial charge on any atom is 0.170 e. The van der Waals surface area contributed by atoms with Crippen molar-refractivity contribution >= 4 is 21.9 Å². The minimum atomic E-state index is -0.504. The van der Waals surface area contributed by atoms with Crippen LogP contribution in [-0.2, 0) is 5.41 Å². The molecule has 0 bridgehead atoms. The highest BCUT2D eigenvalue weighted by molar-refractivity contribution is 6.06. The van der Waals surface area contributed by atoms with Crippen LogP contribution in [0.2, 0.25) is 0 Å². The van der Waals surface area contributed by atoms with Crippen molar-refractivity contribution in [2.75, 3.05) is 0 Å². The first-order chi connectivity index (χ1) is 22.8. The summed E-state index contributed by atoms with van der Waals surface area (Å²) in [7, 11) is 0. The lowest BCUT2D eigenvalue weighted by Crippen LogP contribution is -2.26. The van der Waals surface area contributed by atoms with Crippen molar-refractivity contribution in [3.05, 3.63) is 168 Å². The highest BCUT2D eigenvalue weighted by Crippen LogP contribution is 2.65. The highest BCUT2D eigenvalue weighted by Gasteiger charge is 2.52. The van der Waals surface area contributed by atoms with Crippen molar-refractivity contribution in [3.63, 3.8) is 0 Å². The molecule has 7 aromatic carbocycles. The van der Waals surface area contributed by atoms with Crippen LogP contribution in [0.4, 0.5) is 0 Å². The molecule has 1 aromatic heterocycles. The summed E-state index contributed by atoms with van der Waals surface area (Å²) in [6.45, 7) is 0. The molecular formula is C43H24O3. The molecule has 3 aliphatic rings. The Hall–Kier alpha value is -6.06. The Bertz CT molecular complexity index is 2560. The van der Waals surface area contributed by atoms with E-state index >= 15 is 0 Å². The molecule has 8 aromatic rings. The van der Waals surface area contributed by atoms with E-state index in [-0.39, 0.29) is 0 Å². The molecule has 0 atom stereocenters. The van der Waals surface area contributed by atoms with E-state index in [0.29, 0.717) is 0 Å². The van der Waals surface area contributed by atoms with Crippen molar-refractivity contribution in [1.82, 2.24) is 0 Å². The summed E-state index contributed by atoms with van der Waals surface area (Å²) in [4.78, 5) is 0. The van der Waals surface area contributed by atoms with Gasteiger partial charge in [-0.05, 0) is 104 Å². The van der Waals surface area contributed by atoms with Crippen molar-refractivity contribution in [1.29, 1.82) is 0 Å². The first-order valence-electron chi connectivity index (χ1n) is 15.7. The van der Waals surface area contributed by atoms with Gasteiger partial charge in [-0.1, -0.05) is 97.1 Å². The molecule has 3 nitrogen and oxygen atoms in total. The van der Waals surface area contributed by atoms with Gasteiger partial charge in [0.15, 0.2) is 23.0 Å². The third-order valence-electron chi connectivity index (χ3n) is 10.2. The molecule has 2 heterocycles. The molecule has 0 saturated heterocycles. The lowest BCUT2D eigenvalue weighted by atomic mass is 9.70. The lowest BCUT2D eigenvalue weighted by Gasteiger charge is -2.31. The number of benzene rings is 7. The number of rotatable bonds is 1. The first-order valence-corrected chi connectivity index (χ1v) is 15.7. The number of fused-ring (bicyclic) bond motifs is 15. The van der Waals surface area contributed by atoms with E-state index in [1.807, 2.05) is 36.4 Å². The standard InChI is InChI=1S/C43H24O3/c1-4-12-33-27(9-1)28-10-2-5-13-34(28)43(33)35-22-26(25-18-20-38-32(21-25)30-11-3-6-14-37(30)44-38)17-19-29(35)31-23-41-42(24-36(31)43)46-40-16-8-7-15-39(40)45-41/h1-24H. The van der Waals surface area contributed by atoms with Crippen LogP contribution >= 0.6 is 0 Å². The van der Waals surface area contributed by atoms with E-state index in [1.54, 1.807) is 0 Å². The second kappa shape index (κ2) is 8.56. The molecule has 0 fully saturated rings. The van der Waals surface area contributed by atoms with Crippen LogP contribution in [0.25, 0.3) is 55.3 Å². The van der Waals surface area contributed by atoms with Crippen LogP contribution in [0.15, 0.2) is 150 Å². The van der Waals surface area contributed by atoms with Gasteiger partial charge in [0, 0.05) is 10.8 Å². The van der Waals surface area contributed by atoms with Crippen LogP contribution in [0.1, 0.15) is 22.3 Å². The number of furan rings is 1. The first kappa shape index (κ1) is 24.3. The minimum Gasteiger partial charge on any atom is -0.456 e. The highest BCUT2D eigenvalue weighted by atomic mass is 16.6. The summed E-state index contributed by atoms with van der Waals surface area (Å²) in [5, 5.41) is 2.26. The molecule has 0 saturated carbocycles. The van der Waals surface area contributed by atoms with Gasteiger partial charge in [-0.25, -0.2) is 0 Å². The average molecular weight is 589 g/mol. The maximum atomic E-state index is 6.51. The minimum absolute atomic E-state index is 0.504. The third kappa shape index (κ3) is 2.97. The average Bonchev–Trinajstić information content (AvgIpc) is 3.73. The second-order valence-corrected chi connectivity index (χ2v) is 12.4. The molecule has 2 aliphatic carbocycles. The normalized spacial score (nSPS) is 14.2. The molecule has 214 valence electrons. The fraction of sp³-hybridized carbons (Fsp3) is 0.0233. The summed E-state index contributed by atoms with van der Waals surface area (Å²) >= 11 is 0. The molecule has 1 spiro atoms. The Balaban J connectivity index is 1.20. The van der Waals surface area contributed by atoms with Crippen LogP contribution in [0.3, 0.4) is 0 Å². The van der Waals surface area contributed by atoms with Gasteiger partial charge < -0.3 is 13.9 Å². The van der Waals surface area contributed by atoms with Gasteiger partial charge in [0.05, 0.1) is 5.41 Å². The molecular weight excluding hydrogens is 564 g/mol. The fourth-order valence-corrected chi connectivity index (χ4v) is 8.24. The third-order valence-corrected chi connectivity index (χ3v) is 10.2. The predicted molar refractivity (Wildman–Crippen MR) is 182 cm³/mol. The largest absolute Gasteiger partial charge is 0.456 e. The number of hydrogen-bond donors (Lipinski definition) is 0. The maximum absolute atomic E-state index is 6.51. The zero-order chi connectivity index (χ0) is 30.0. The monoisotopic (exact) mass is 588 g/mol. The van der Waals surface area contributed by atoms with Crippen LogP contribution in [0.5, 0.6) is 23.0 Å². The molecule has 1 aliphatic heterocycles. The fourth-order valence-electron chi connectivity index (χ4n) is 8.24. The van der Waals surface area contributed by atoms with Crippen LogP contribution in [0, 0.1) is 0 Å². The number of hydrogen-bond acceptors (Lipinski definition) is 3. The smallest absolute Gasteiger partial charge is 0.170 e. The summed E-state index contributed by atoms with van der Waals surface area (Å²) in [6.07, 6.45) is 0. The Morgan fingerprint density at radius 2 is 0.913 bits per heavy atom. The Morgan fingerprint density at radius 3 is 1.70 bits per heavy atom. The Kier molecular flexibility index (Phi) is 4.52. The molecule has 11 rings (SSSR count). The predicted octanol–water partition coefficient (Wildman–Crippen LogP) is 11.5.